The number of hydrogen-bond acceptors (Lipinski definition) is 3. The van der Waals surface area contributed by atoms with E-state index in [4.69, 9.17) is 0 Å². The summed E-state index contributed by atoms with van der Waals surface area (Å²) >= 11 is 1.39. The largest absolute Gasteiger partial charge is 0.296 e. The van der Waals surface area contributed by atoms with Crippen molar-refractivity contribution in [3.8, 4) is 0 Å². The van der Waals surface area contributed by atoms with Crippen LogP contribution in [0.2, 0.25) is 0 Å². The number of amidine groups is 1. The topological polar surface area (TPSA) is 49.7 Å². The van der Waals surface area contributed by atoms with Crippen LogP contribution in [0.5, 0.6) is 0 Å². The van der Waals surface area contributed by atoms with Gasteiger partial charge in [0.2, 0.25) is 5.91 Å². The third-order valence-corrected chi connectivity index (χ3v) is 3.36. The van der Waals surface area contributed by atoms with Crippen LogP contribution in [0.3, 0.4) is 0 Å². The second-order valence-corrected chi connectivity index (χ2v) is 5.16. The molecule has 1 aromatic rings. The van der Waals surface area contributed by atoms with Crippen LogP contribution in [-0.2, 0) is 9.59 Å². The summed E-state index contributed by atoms with van der Waals surface area (Å²) < 4.78 is 0. The van der Waals surface area contributed by atoms with Crippen molar-refractivity contribution in [3.05, 3.63) is 41.6 Å². The number of carbonyl (C=O) groups is 2. The van der Waals surface area contributed by atoms with Crippen molar-refractivity contribution in [2.24, 2.45) is 4.99 Å². The smallest absolute Gasteiger partial charge is 0.274 e. The summed E-state index contributed by atoms with van der Waals surface area (Å²) in [6.07, 6.45) is 1.69. The molecule has 0 spiro atoms. The molecule has 1 heterocycles. The number of aliphatic imine (C=N–C) groups is 1. The van der Waals surface area contributed by atoms with Crippen LogP contribution in [-0.4, -0.2) is 27.6 Å². The Morgan fingerprint density at radius 2 is 2.05 bits per heavy atom. The zero-order valence-electron chi connectivity index (χ0n) is 10.8. The first-order chi connectivity index (χ1) is 9.13. The molecule has 0 saturated carbocycles. The molecular formula is C14H14N2O2S. The van der Waals surface area contributed by atoms with Crippen LogP contribution in [0.15, 0.2) is 41.0 Å². The van der Waals surface area contributed by atoms with Crippen LogP contribution >= 0.6 is 11.8 Å². The molecule has 1 aliphatic heterocycles. The zero-order chi connectivity index (χ0) is 13.8. The van der Waals surface area contributed by atoms with Gasteiger partial charge in [0.15, 0.2) is 5.17 Å². The minimum absolute atomic E-state index is 0.201. The molecule has 0 radical (unpaired) electrons. The van der Waals surface area contributed by atoms with Crippen LogP contribution in [0.4, 0.5) is 0 Å². The van der Waals surface area contributed by atoms with E-state index in [2.05, 4.69) is 4.99 Å². The highest BCUT2D eigenvalue weighted by Crippen LogP contribution is 2.25. The number of hydrogen-bond donors (Lipinski definition) is 0. The quantitative estimate of drug-likeness (QED) is 0.779. The number of carbonyl (C=O) groups excluding carboxylic acids is 2. The average Bonchev–Trinajstić information content (AvgIpc) is 2.68. The molecule has 1 aromatic carbocycles. The molecule has 0 atom stereocenters. The summed E-state index contributed by atoms with van der Waals surface area (Å²) in [4.78, 5) is 28.9. The predicted molar refractivity (Wildman–Crippen MR) is 77.5 cm³/mol. The maximum absolute atomic E-state index is 11.9. The Morgan fingerprint density at radius 1 is 1.37 bits per heavy atom. The summed E-state index contributed by atoms with van der Waals surface area (Å²) in [6, 6.07) is 9.42. The van der Waals surface area contributed by atoms with E-state index >= 15 is 0 Å². The summed E-state index contributed by atoms with van der Waals surface area (Å²) in [5, 5.41) is 0.460. The standard InChI is InChI=1S/C14H14N2O2S/c1-3-19-14-15-13(18)12(16(14)10(2)17)9-11-7-5-4-6-8-11/h4-9H,3H2,1-2H3/b12-9+. The highest BCUT2D eigenvalue weighted by Gasteiger charge is 2.32. The Bertz CT molecular complexity index is 564. The summed E-state index contributed by atoms with van der Waals surface area (Å²) in [6.45, 7) is 3.39. The second kappa shape index (κ2) is 5.84. The van der Waals surface area contributed by atoms with E-state index in [-0.39, 0.29) is 11.8 Å². The van der Waals surface area contributed by atoms with Gasteiger partial charge in [-0.1, -0.05) is 49.0 Å². The van der Waals surface area contributed by atoms with Crippen LogP contribution in [0.25, 0.3) is 6.08 Å². The molecule has 2 rings (SSSR count). The fraction of sp³-hybridized carbons (Fsp3) is 0.214. The van der Waals surface area contributed by atoms with Gasteiger partial charge in [-0.25, -0.2) is 0 Å². The molecule has 2 amide bonds. The first-order valence-corrected chi connectivity index (χ1v) is 6.95. The molecular weight excluding hydrogens is 260 g/mol. The van der Waals surface area contributed by atoms with E-state index < -0.39 is 0 Å². The number of thioether (sulfide) groups is 1. The SMILES string of the molecule is CCSC1=NC(=O)/C(=C\c2ccccc2)N1C(C)=O. The van der Waals surface area contributed by atoms with Crippen molar-refractivity contribution in [2.75, 3.05) is 5.75 Å². The summed E-state index contributed by atoms with van der Waals surface area (Å²) in [5.41, 5.74) is 1.18. The lowest BCUT2D eigenvalue weighted by Gasteiger charge is -2.16. The van der Waals surface area contributed by atoms with Gasteiger partial charge < -0.3 is 0 Å². The highest BCUT2D eigenvalue weighted by atomic mass is 32.2. The van der Waals surface area contributed by atoms with E-state index in [1.807, 2.05) is 37.3 Å². The van der Waals surface area contributed by atoms with Gasteiger partial charge in [-0.05, 0) is 17.4 Å². The third kappa shape index (κ3) is 2.93. The number of amides is 2. The number of rotatable bonds is 2. The maximum Gasteiger partial charge on any atom is 0.296 e. The van der Waals surface area contributed by atoms with E-state index in [1.165, 1.54) is 23.6 Å². The summed E-state index contributed by atoms with van der Waals surface area (Å²) in [5.74, 6) is 0.192. The molecule has 0 aliphatic carbocycles. The van der Waals surface area contributed by atoms with Crippen LogP contribution in [0, 0.1) is 0 Å². The average molecular weight is 274 g/mol. The first-order valence-electron chi connectivity index (χ1n) is 5.96. The normalized spacial score (nSPS) is 16.9. The highest BCUT2D eigenvalue weighted by molar-refractivity contribution is 8.13. The Morgan fingerprint density at radius 3 is 2.63 bits per heavy atom. The Kier molecular flexibility index (Phi) is 4.16. The second-order valence-electron chi connectivity index (χ2n) is 3.93. The lowest BCUT2D eigenvalue weighted by molar-refractivity contribution is -0.125. The molecule has 0 fully saturated rings. The molecule has 0 saturated heterocycles. The van der Waals surface area contributed by atoms with E-state index in [0.29, 0.717) is 10.9 Å². The van der Waals surface area contributed by atoms with E-state index in [1.54, 1.807) is 6.08 Å². The lowest BCUT2D eigenvalue weighted by atomic mass is 10.2. The molecule has 0 unspecified atom stereocenters. The maximum atomic E-state index is 11.9. The molecule has 1 aliphatic rings. The van der Waals surface area contributed by atoms with Gasteiger partial charge in [0.25, 0.3) is 5.91 Å². The van der Waals surface area contributed by atoms with Gasteiger partial charge in [0, 0.05) is 6.92 Å². The third-order valence-electron chi connectivity index (χ3n) is 2.54. The van der Waals surface area contributed by atoms with Crippen molar-refractivity contribution in [2.45, 2.75) is 13.8 Å². The molecule has 19 heavy (non-hydrogen) atoms. The Hall–Kier alpha value is -1.88. The van der Waals surface area contributed by atoms with Crippen molar-refractivity contribution in [3.63, 3.8) is 0 Å². The molecule has 0 bridgehead atoms. The molecule has 4 nitrogen and oxygen atoms in total. The molecule has 0 N–H and O–H groups in total. The number of nitrogens with zero attached hydrogens (tertiary/aromatic N) is 2. The van der Waals surface area contributed by atoms with Gasteiger partial charge in [-0.15, -0.1) is 0 Å². The van der Waals surface area contributed by atoms with Gasteiger partial charge >= 0.3 is 0 Å². The van der Waals surface area contributed by atoms with E-state index in [9.17, 15) is 9.59 Å². The molecule has 0 aromatic heterocycles. The van der Waals surface area contributed by atoms with Gasteiger partial charge in [0.1, 0.15) is 5.70 Å². The zero-order valence-corrected chi connectivity index (χ0v) is 11.6. The van der Waals surface area contributed by atoms with Crippen molar-refractivity contribution in [1.82, 2.24) is 4.90 Å². The van der Waals surface area contributed by atoms with Gasteiger partial charge in [-0.2, -0.15) is 4.99 Å². The fourth-order valence-corrected chi connectivity index (χ4v) is 2.52. The number of benzene rings is 1. The lowest BCUT2D eigenvalue weighted by Crippen LogP contribution is -2.29. The van der Waals surface area contributed by atoms with Gasteiger partial charge in [-0.3, -0.25) is 14.5 Å². The fourth-order valence-electron chi connectivity index (χ4n) is 1.76. The molecule has 5 heteroatoms. The predicted octanol–water partition coefficient (Wildman–Crippen LogP) is 2.53. The minimum atomic E-state index is -0.366. The first kappa shape index (κ1) is 13.5. The Labute approximate surface area is 116 Å². The van der Waals surface area contributed by atoms with Crippen LogP contribution < -0.4 is 0 Å². The minimum Gasteiger partial charge on any atom is -0.274 e. The van der Waals surface area contributed by atoms with Gasteiger partial charge in [0.05, 0.1) is 0 Å². The Balaban J connectivity index is 2.38. The van der Waals surface area contributed by atoms with Crippen molar-refractivity contribution in [1.29, 1.82) is 0 Å². The summed E-state index contributed by atoms with van der Waals surface area (Å²) in [7, 11) is 0. The van der Waals surface area contributed by atoms with Crippen molar-refractivity contribution < 1.29 is 9.59 Å². The van der Waals surface area contributed by atoms with Crippen molar-refractivity contribution >= 4 is 34.8 Å². The van der Waals surface area contributed by atoms with Crippen LogP contribution in [0.1, 0.15) is 19.4 Å². The monoisotopic (exact) mass is 274 g/mol. The molecule has 98 valence electrons. The van der Waals surface area contributed by atoms with E-state index in [0.717, 1.165) is 11.3 Å².